The molecule has 0 atom stereocenters. The van der Waals surface area contributed by atoms with Gasteiger partial charge in [0.2, 0.25) is 0 Å². The summed E-state index contributed by atoms with van der Waals surface area (Å²) < 4.78 is 10.2. The van der Waals surface area contributed by atoms with Crippen molar-refractivity contribution in [3.8, 4) is 5.75 Å². The summed E-state index contributed by atoms with van der Waals surface area (Å²) in [6, 6.07) is 6.08. The summed E-state index contributed by atoms with van der Waals surface area (Å²) in [5.41, 5.74) is 2.29. The Labute approximate surface area is 73.1 Å². The van der Waals surface area contributed by atoms with E-state index in [2.05, 4.69) is 0 Å². The van der Waals surface area contributed by atoms with Crippen LogP contribution in [0.5, 0.6) is 5.75 Å². The maximum Gasteiger partial charge on any atom is 0.122 e. The molecule has 2 heteroatoms. The average Bonchev–Trinajstić information content (AvgIpc) is 2.09. The van der Waals surface area contributed by atoms with Crippen molar-refractivity contribution in [2.75, 3.05) is 14.2 Å². The fourth-order valence-corrected chi connectivity index (χ4v) is 1.12. The highest BCUT2D eigenvalue weighted by atomic mass is 16.5. The molecule has 0 aliphatic rings. The summed E-state index contributed by atoms with van der Waals surface area (Å²) in [6.45, 7) is 2.66. The number of hydrogen-bond acceptors (Lipinski definition) is 2. The average molecular weight is 166 g/mol. The second-order valence-corrected chi connectivity index (χ2v) is 2.74. The van der Waals surface area contributed by atoms with E-state index in [1.54, 1.807) is 14.2 Å². The van der Waals surface area contributed by atoms with Crippen LogP contribution in [0.2, 0.25) is 0 Å². The van der Waals surface area contributed by atoms with Crippen molar-refractivity contribution in [2.24, 2.45) is 0 Å². The maximum absolute atomic E-state index is 5.18. The summed E-state index contributed by atoms with van der Waals surface area (Å²) in [6.07, 6.45) is 0. The molecule has 0 unspecified atom stereocenters. The van der Waals surface area contributed by atoms with E-state index in [1.807, 2.05) is 25.1 Å². The summed E-state index contributed by atoms with van der Waals surface area (Å²) >= 11 is 0. The smallest absolute Gasteiger partial charge is 0.122 e. The third-order valence-corrected chi connectivity index (χ3v) is 1.78. The molecule has 0 N–H and O–H groups in total. The molecule has 0 aliphatic carbocycles. The Bertz CT molecular complexity index is 256. The van der Waals surface area contributed by atoms with E-state index in [9.17, 15) is 0 Å². The molecule has 0 saturated heterocycles. The predicted molar refractivity (Wildman–Crippen MR) is 48.4 cm³/mol. The van der Waals surface area contributed by atoms with Crippen molar-refractivity contribution in [1.29, 1.82) is 0 Å². The summed E-state index contributed by atoms with van der Waals surface area (Å²) in [4.78, 5) is 0. The quantitative estimate of drug-likeness (QED) is 0.685. The molecule has 0 fully saturated rings. The van der Waals surface area contributed by atoms with Crippen molar-refractivity contribution >= 4 is 0 Å². The fraction of sp³-hybridized carbons (Fsp3) is 0.400. The van der Waals surface area contributed by atoms with Gasteiger partial charge in [0.25, 0.3) is 0 Å². The molecule has 1 rings (SSSR count). The van der Waals surface area contributed by atoms with Gasteiger partial charge in [0.15, 0.2) is 0 Å². The molecule has 0 amide bonds. The van der Waals surface area contributed by atoms with E-state index < -0.39 is 0 Å². The van der Waals surface area contributed by atoms with Gasteiger partial charge in [-0.3, -0.25) is 0 Å². The number of benzene rings is 1. The van der Waals surface area contributed by atoms with Crippen molar-refractivity contribution in [2.45, 2.75) is 13.5 Å². The number of aryl methyl sites for hydroxylation is 1. The molecule has 0 aliphatic heterocycles. The van der Waals surface area contributed by atoms with Gasteiger partial charge in [0.05, 0.1) is 13.7 Å². The van der Waals surface area contributed by atoms with Gasteiger partial charge in [0, 0.05) is 7.11 Å². The minimum absolute atomic E-state index is 0.636. The zero-order chi connectivity index (χ0) is 8.97. The molecule has 0 heterocycles. The van der Waals surface area contributed by atoms with E-state index >= 15 is 0 Å². The van der Waals surface area contributed by atoms with Gasteiger partial charge in [-0.25, -0.2) is 0 Å². The molecule has 0 saturated carbocycles. The molecule has 66 valence electrons. The lowest BCUT2D eigenvalue weighted by Crippen LogP contribution is -1.91. The maximum atomic E-state index is 5.18. The van der Waals surface area contributed by atoms with Crippen molar-refractivity contribution in [1.82, 2.24) is 0 Å². The lowest BCUT2D eigenvalue weighted by atomic mass is 10.1. The summed E-state index contributed by atoms with van der Waals surface area (Å²) in [7, 11) is 3.37. The molecule has 0 aromatic heterocycles. The van der Waals surface area contributed by atoms with Crippen LogP contribution >= 0.6 is 0 Å². The van der Waals surface area contributed by atoms with Crippen LogP contribution in [0.3, 0.4) is 0 Å². The van der Waals surface area contributed by atoms with Gasteiger partial charge in [-0.2, -0.15) is 0 Å². The molecule has 0 bridgehead atoms. The van der Waals surface area contributed by atoms with Crippen molar-refractivity contribution in [3.63, 3.8) is 0 Å². The van der Waals surface area contributed by atoms with Gasteiger partial charge in [-0.05, 0) is 24.1 Å². The van der Waals surface area contributed by atoms with Gasteiger partial charge < -0.3 is 9.47 Å². The number of hydrogen-bond donors (Lipinski definition) is 0. The number of methoxy groups -OCH3 is 2. The highest BCUT2D eigenvalue weighted by Crippen LogP contribution is 2.18. The van der Waals surface area contributed by atoms with Gasteiger partial charge in [-0.1, -0.05) is 12.1 Å². The topological polar surface area (TPSA) is 18.5 Å². The third kappa shape index (κ3) is 1.98. The largest absolute Gasteiger partial charge is 0.496 e. The molecular weight excluding hydrogens is 152 g/mol. The first-order valence-electron chi connectivity index (χ1n) is 3.90. The first kappa shape index (κ1) is 9.07. The SMILES string of the molecule is COCc1ccc(C)c(OC)c1. The van der Waals surface area contributed by atoms with Crippen LogP contribution in [0.25, 0.3) is 0 Å². The summed E-state index contributed by atoms with van der Waals surface area (Å²) in [5.74, 6) is 0.921. The molecule has 2 nitrogen and oxygen atoms in total. The first-order valence-corrected chi connectivity index (χ1v) is 3.90. The van der Waals surface area contributed by atoms with Crippen LogP contribution < -0.4 is 4.74 Å². The van der Waals surface area contributed by atoms with Crippen LogP contribution in [-0.4, -0.2) is 14.2 Å². The fourth-order valence-electron chi connectivity index (χ4n) is 1.12. The van der Waals surface area contributed by atoms with E-state index in [0.717, 1.165) is 16.9 Å². The number of rotatable bonds is 3. The second kappa shape index (κ2) is 4.12. The second-order valence-electron chi connectivity index (χ2n) is 2.74. The zero-order valence-electron chi connectivity index (χ0n) is 7.76. The molecule has 1 aromatic rings. The van der Waals surface area contributed by atoms with Crippen molar-refractivity contribution in [3.05, 3.63) is 29.3 Å². The third-order valence-electron chi connectivity index (χ3n) is 1.78. The monoisotopic (exact) mass is 166 g/mol. The Morgan fingerprint density at radius 3 is 2.58 bits per heavy atom. The van der Waals surface area contributed by atoms with Crippen molar-refractivity contribution < 1.29 is 9.47 Å². The Balaban J connectivity index is 2.89. The van der Waals surface area contributed by atoms with E-state index in [4.69, 9.17) is 9.47 Å². The van der Waals surface area contributed by atoms with Gasteiger partial charge in [0.1, 0.15) is 5.75 Å². The lowest BCUT2D eigenvalue weighted by Gasteiger charge is -2.06. The standard InChI is InChI=1S/C10H14O2/c1-8-4-5-9(7-11-2)6-10(8)12-3/h4-6H,7H2,1-3H3. The highest BCUT2D eigenvalue weighted by molar-refractivity contribution is 5.36. The normalized spacial score (nSPS) is 9.92. The van der Waals surface area contributed by atoms with Gasteiger partial charge in [-0.15, -0.1) is 0 Å². The number of ether oxygens (including phenoxy) is 2. The molecule has 1 aromatic carbocycles. The zero-order valence-corrected chi connectivity index (χ0v) is 7.76. The van der Waals surface area contributed by atoms with Crippen LogP contribution in [-0.2, 0) is 11.3 Å². The van der Waals surface area contributed by atoms with E-state index in [1.165, 1.54) is 0 Å². The van der Waals surface area contributed by atoms with E-state index in [-0.39, 0.29) is 0 Å². The lowest BCUT2D eigenvalue weighted by molar-refractivity contribution is 0.184. The van der Waals surface area contributed by atoms with Gasteiger partial charge >= 0.3 is 0 Å². The minimum atomic E-state index is 0.636. The predicted octanol–water partition coefficient (Wildman–Crippen LogP) is 2.15. The Morgan fingerprint density at radius 2 is 2.00 bits per heavy atom. The Kier molecular flexibility index (Phi) is 3.11. The summed E-state index contributed by atoms with van der Waals surface area (Å²) in [5, 5.41) is 0. The molecule has 0 spiro atoms. The van der Waals surface area contributed by atoms with Crippen LogP contribution in [0.1, 0.15) is 11.1 Å². The Morgan fingerprint density at radius 1 is 1.25 bits per heavy atom. The van der Waals surface area contributed by atoms with Crippen LogP contribution in [0.4, 0.5) is 0 Å². The van der Waals surface area contributed by atoms with E-state index in [0.29, 0.717) is 6.61 Å². The Hall–Kier alpha value is -1.02. The highest BCUT2D eigenvalue weighted by Gasteiger charge is 1.98. The molecular formula is C10H14O2. The molecule has 0 radical (unpaired) electrons. The first-order chi connectivity index (χ1) is 5.77. The molecule has 12 heavy (non-hydrogen) atoms. The van der Waals surface area contributed by atoms with Crippen LogP contribution in [0, 0.1) is 6.92 Å². The van der Waals surface area contributed by atoms with Crippen LogP contribution in [0.15, 0.2) is 18.2 Å². The minimum Gasteiger partial charge on any atom is -0.496 e.